The molecule has 2 aromatic carbocycles. The zero-order valence-corrected chi connectivity index (χ0v) is 18.0. The van der Waals surface area contributed by atoms with Crippen molar-refractivity contribution in [3.05, 3.63) is 83.6 Å². The van der Waals surface area contributed by atoms with Crippen molar-refractivity contribution in [2.45, 2.75) is 38.3 Å². The van der Waals surface area contributed by atoms with Gasteiger partial charge in [-0.1, -0.05) is 62.4 Å². The number of carbonyl (C=O) groups excluding carboxylic acids is 2. The Labute approximate surface area is 182 Å². The van der Waals surface area contributed by atoms with Crippen molar-refractivity contribution >= 4 is 22.7 Å². The first kappa shape index (κ1) is 19.6. The molecule has 0 unspecified atom stereocenters. The van der Waals surface area contributed by atoms with Crippen molar-refractivity contribution in [3.8, 4) is 0 Å². The Morgan fingerprint density at radius 1 is 1.13 bits per heavy atom. The van der Waals surface area contributed by atoms with Crippen LogP contribution < -0.4 is 0 Å². The molecule has 1 fully saturated rings. The van der Waals surface area contributed by atoms with Gasteiger partial charge in [-0.05, 0) is 28.7 Å². The molecule has 0 saturated carbocycles. The van der Waals surface area contributed by atoms with Gasteiger partial charge in [-0.15, -0.1) is 6.58 Å². The quantitative estimate of drug-likeness (QED) is 0.653. The van der Waals surface area contributed by atoms with Gasteiger partial charge in [-0.3, -0.25) is 9.59 Å². The highest BCUT2D eigenvalue weighted by Gasteiger charge is 2.47. The molecule has 2 aliphatic rings. The molecule has 1 saturated heterocycles. The van der Waals surface area contributed by atoms with Crippen molar-refractivity contribution < 1.29 is 9.59 Å². The summed E-state index contributed by atoms with van der Waals surface area (Å²) in [5, 5.41) is 1.13. The monoisotopic (exact) mass is 413 g/mol. The van der Waals surface area contributed by atoms with E-state index in [1.165, 1.54) is 5.56 Å². The Hall–Kier alpha value is -3.34. The number of para-hydroxylation sites is 1. The van der Waals surface area contributed by atoms with Crippen LogP contribution in [0.1, 0.15) is 48.2 Å². The molecular formula is C26H27N3O2. The first-order valence-electron chi connectivity index (χ1n) is 10.9. The second kappa shape index (κ2) is 7.41. The maximum atomic E-state index is 13.4. The van der Waals surface area contributed by atoms with Gasteiger partial charge in [0.2, 0.25) is 11.8 Å². The van der Waals surface area contributed by atoms with Crippen LogP contribution in [0.5, 0.6) is 0 Å². The minimum Gasteiger partial charge on any atom is -0.356 e. The fourth-order valence-corrected chi connectivity index (χ4v) is 5.04. The molecule has 2 atom stereocenters. The number of H-pyrrole nitrogens is 1. The molecule has 3 heterocycles. The first-order chi connectivity index (χ1) is 15.0. The Bertz CT molecular complexity index is 1180. The molecular weight excluding hydrogens is 386 g/mol. The lowest BCUT2D eigenvalue weighted by Crippen LogP contribution is -2.62. The van der Waals surface area contributed by atoms with E-state index in [-0.39, 0.29) is 24.4 Å². The average molecular weight is 414 g/mol. The predicted octanol–water partition coefficient (Wildman–Crippen LogP) is 4.16. The van der Waals surface area contributed by atoms with E-state index in [1.807, 2.05) is 17.0 Å². The molecule has 0 spiro atoms. The lowest BCUT2D eigenvalue weighted by atomic mass is 9.85. The van der Waals surface area contributed by atoms with E-state index in [2.05, 4.69) is 61.8 Å². The summed E-state index contributed by atoms with van der Waals surface area (Å²) >= 11 is 0. The van der Waals surface area contributed by atoms with Crippen molar-refractivity contribution in [1.29, 1.82) is 0 Å². The van der Waals surface area contributed by atoms with Crippen LogP contribution in [0.15, 0.2) is 61.2 Å². The fraction of sp³-hybridized carbons (Fsp3) is 0.308. The Morgan fingerprint density at radius 2 is 1.87 bits per heavy atom. The van der Waals surface area contributed by atoms with Gasteiger partial charge in [0.25, 0.3) is 0 Å². The maximum Gasteiger partial charge on any atom is 0.246 e. The topological polar surface area (TPSA) is 56.4 Å². The standard InChI is InChI=1S/C26H27N3O2/c1-4-13-28-15-23(30)29-22(26(28)31)14-20-19-7-5-6-8-21(19)27-24(20)25(29)18-11-9-17(10-12-18)16(2)3/h4-12,16,22,25,27H,1,13-15H2,2-3H3/t22-,25-/m0/s1. The number of hydrogen-bond acceptors (Lipinski definition) is 2. The summed E-state index contributed by atoms with van der Waals surface area (Å²) in [5.74, 6) is 0.412. The number of carbonyl (C=O) groups is 2. The summed E-state index contributed by atoms with van der Waals surface area (Å²) in [5.41, 5.74) is 5.48. The zero-order valence-electron chi connectivity index (χ0n) is 18.0. The van der Waals surface area contributed by atoms with Crippen LogP contribution >= 0.6 is 0 Å². The van der Waals surface area contributed by atoms with Gasteiger partial charge >= 0.3 is 0 Å². The van der Waals surface area contributed by atoms with Crippen LogP contribution in [0, 0.1) is 0 Å². The molecule has 5 rings (SSSR count). The molecule has 158 valence electrons. The molecule has 31 heavy (non-hydrogen) atoms. The van der Waals surface area contributed by atoms with E-state index in [4.69, 9.17) is 0 Å². The van der Waals surface area contributed by atoms with Crippen molar-refractivity contribution in [2.75, 3.05) is 13.1 Å². The molecule has 3 aromatic rings. The van der Waals surface area contributed by atoms with Crippen molar-refractivity contribution in [2.24, 2.45) is 0 Å². The number of nitrogens with one attached hydrogen (secondary N) is 1. The van der Waals surface area contributed by atoms with E-state index < -0.39 is 6.04 Å². The number of amides is 2. The number of nitrogens with zero attached hydrogens (tertiary/aromatic N) is 2. The lowest BCUT2D eigenvalue weighted by Gasteiger charge is -2.47. The van der Waals surface area contributed by atoms with Gasteiger partial charge in [0.05, 0.1) is 6.04 Å². The van der Waals surface area contributed by atoms with Crippen molar-refractivity contribution in [1.82, 2.24) is 14.8 Å². The predicted molar refractivity (Wildman–Crippen MR) is 122 cm³/mol. The summed E-state index contributed by atoms with van der Waals surface area (Å²) in [7, 11) is 0. The van der Waals surface area contributed by atoms with E-state index in [9.17, 15) is 9.59 Å². The Morgan fingerprint density at radius 3 is 2.58 bits per heavy atom. The third kappa shape index (κ3) is 3.07. The van der Waals surface area contributed by atoms with Crippen molar-refractivity contribution in [3.63, 3.8) is 0 Å². The number of fused-ring (bicyclic) bond motifs is 4. The highest BCUT2D eigenvalue weighted by Crippen LogP contribution is 2.42. The number of piperazine rings is 1. The lowest BCUT2D eigenvalue weighted by molar-refractivity contribution is -0.158. The fourth-order valence-electron chi connectivity index (χ4n) is 5.04. The van der Waals surface area contributed by atoms with E-state index in [0.29, 0.717) is 18.9 Å². The smallest absolute Gasteiger partial charge is 0.246 e. The van der Waals surface area contributed by atoms with Crippen LogP contribution in [0.3, 0.4) is 0 Å². The van der Waals surface area contributed by atoms with Crippen LogP contribution in [-0.4, -0.2) is 45.7 Å². The van der Waals surface area contributed by atoms with Crippen LogP contribution in [0.2, 0.25) is 0 Å². The van der Waals surface area contributed by atoms with Crippen LogP contribution in [0.4, 0.5) is 0 Å². The highest BCUT2D eigenvalue weighted by molar-refractivity contribution is 5.97. The molecule has 0 bridgehead atoms. The molecule has 1 aromatic heterocycles. The Kier molecular flexibility index (Phi) is 4.69. The molecule has 2 aliphatic heterocycles. The SMILES string of the molecule is C=CCN1CC(=O)N2[C@@H](c3ccc(C(C)C)cc3)c3[nH]c4ccccc4c3C[C@H]2C1=O. The number of aromatic nitrogens is 1. The molecule has 5 nitrogen and oxygen atoms in total. The molecule has 2 amide bonds. The van der Waals surface area contributed by atoms with E-state index >= 15 is 0 Å². The summed E-state index contributed by atoms with van der Waals surface area (Å²) < 4.78 is 0. The minimum atomic E-state index is -0.498. The van der Waals surface area contributed by atoms with Gasteiger partial charge in [0.15, 0.2) is 0 Å². The average Bonchev–Trinajstić information content (AvgIpc) is 3.14. The summed E-state index contributed by atoms with van der Waals surface area (Å²) in [6, 6.07) is 15.8. The molecule has 0 radical (unpaired) electrons. The number of benzene rings is 2. The summed E-state index contributed by atoms with van der Waals surface area (Å²) in [6.07, 6.45) is 2.21. The zero-order chi connectivity index (χ0) is 21.7. The summed E-state index contributed by atoms with van der Waals surface area (Å²) in [6.45, 7) is 8.57. The third-order valence-corrected chi connectivity index (χ3v) is 6.61. The molecule has 5 heteroatoms. The van der Waals surface area contributed by atoms with Gasteiger partial charge < -0.3 is 14.8 Å². The largest absolute Gasteiger partial charge is 0.356 e. The van der Waals surface area contributed by atoms with Gasteiger partial charge in [-0.25, -0.2) is 0 Å². The highest BCUT2D eigenvalue weighted by atomic mass is 16.2. The second-order valence-corrected chi connectivity index (χ2v) is 8.82. The van der Waals surface area contributed by atoms with Gasteiger partial charge in [-0.2, -0.15) is 0 Å². The van der Waals surface area contributed by atoms with E-state index in [0.717, 1.165) is 27.7 Å². The van der Waals surface area contributed by atoms with E-state index in [1.54, 1.807) is 11.0 Å². The summed E-state index contributed by atoms with van der Waals surface area (Å²) in [4.78, 5) is 33.7. The number of hydrogen-bond donors (Lipinski definition) is 1. The van der Waals surface area contributed by atoms with Crippen LogP contribution in [-0.2, 0) is 16.0 Å². The van der Waals surface area contributed by atoms with Crippen LogP contribution in [0.25, 0.3) is 10.9 Å². The maximum absolute atomic E-state index is 13.4. The normalized spacial score (nSPS) is 20.9. The number of aromatic amines is 1. The molecule has 0 aliphatic carbocycles. The first-order valence-corrected chi connectivity index (χ1v) is 10.9. The van der Waals surface area contributed by atoms with Gasteiger partial charge in [0.1, 0.15) is 12.6 Å². The minimum absolute atomic E-state index is 0.000711. The number of rotatable bonds is 4. The second-order valence-electron chi connectivity index (χ2n) is 8.82. The van der Waals surface area contributed by atoms with Gasteiger partial charge in [0, 0.05) is 29.6 Å². The Balaban J connectivity index is 1.68. The molecule has 1 N–H and O–H groups in total. The third-order valence-electron chi connectivity index (χ3n) is 6.61.